The van der Waals surface area contributed by atoms with Gasteiger partial charge in [0.1, 0.15) is 0 Å². The third kappa shape index (κ3) is 4.04. The SMILES string of the molecule is CC(C)c1ccc(NC(=O)[C@@H](C)N2CCNC(=O)C2)cc1. The lowest BCUT2D eigenvalue weighted by atomic mass is 10.0. The van der Waals surface area contributed by atoms with Crippen molar-refractivity contribution in [1.82, 2.24) is 10.2 Å². The van der Waals surface area contributed by atoms with Crippen LogP contribution in [-0.2, 0) is 9.59 Å². The maximum absolute atomic E-state index is 12.3. The van der Waals surface area contributed by atoms with Crippen LogP contribution >= 0.6 is 0 Å². The van der Waals surface area contributed by atoms with Gasteiger partial charge in [-0.2, -0.15) is 0 Å². The smallest absolute Gasteiger partial charge is 0.241 e. The Hall–Kier alpha value is -1.88. The van der Waals surface area contributed by atoms with Gasteiger partial charge in [-0.15, -0.1) is 0 Å². The highest BCUT2D eigenvalue weighted by Crippen LogP contribution is 2.17. The zero-order chi connectivity index (χ0) is 15.4. The van der Waals surface area contributed by atoms with Gasteiger partial charge in [0.25, 0.3) is 0 Å². The summed E-state index contributed by atoms with van der Waals surface area (Å²) in [4.78, 5) is 25.5. The monoisotopic (exact) mass is 289 g/mol. The molecule has 1 atom stereocenters. The second-order valence-electron chi connectivity index (χ2n) is 5.76. The number of carbonyl (C=O) groups excluding carboxylic acids is 2. The lowest BCUT2D eigenvalue weighted by Gasteiger charge is -2.31. The van der Waals surface area contributed by atoms with Gasteiger partial charge in [0, 0.05) is 18.8 Å². The lowest BCUT2D eigenvalue weighted by molar-refractivity contribution is -0.127. The Morgan fingerprint density at radius 1 is 1.24 bits per heavy atom. The van der Waals surface area contributed by atoms with E-state index in [9.17, 15) is 9.59 Å². The van der Waals surface area contributed by atoms with E-state index in [0.717, 1.165) is 5.69 Å². The average molecular weight is 289 g/mol. The van der Waals surface area contributed by atoms with Gasteiger partial charge in [0.05, 0.1) is 12.6 Å². The summed E-state index contributed by atoms with van der Waals surface area (Å²) in [5.41, 5.74) is 2.03. The van der Waals surface area contributed by atoms with Gasteiger partial charge in [-0.25, -0.2) is 0 Å². The molecule has 1 aliphatic heterocycles. The molecule has 1 fully saturated rings. The van der Waals surface area contributed by atoms with Gasteiger partial charge in [-0.05, 0) is 30.5 Å². The van der Waals surface area contributed by atoms with E-state index >= 15 is 0 Å². The molecule has 1 aromatic rings. The van der Waals surface area contributed by atoms with Crippen LogP contribution in [0, 0.1) is 0 Å². The molecule has 2 amide bonds. The van der Waals surface area contributed by atoms with E-state index in [1.165, 1.54) is 5.56 Å². The first kappa shape index (κ1) is 15.5. The van der Waals surface area contributed by atoms with E-state index < -0.39 is 0 Å². The van der Waals surface area contributed by atoms with Gasteiger partial charge in [-0.1, -0.05) is 26.0 Å². The molecule has 0 spiro atoms. The van der Waals surface area contributed by atoms with Crippen molar-refractivity contribution in [3.8, 4) is 0 Å². The molecule has 0 bridgehead atoms. The molecule has 1 aromatic carbocycles. The molecule has 5 heteroatoms. The summed E-state index contributed by atoms with van der Waals surface area (Å²) in [7, 11) is 0. The standard InChI is InChI=1S/C16H23N3O2/c1-11(2)13-4-6-14(7-5-13)18-16(21)12(3)19-9-8-17-15(20)10-19/h4-7,11-12H,8-10H2,1-3H3,(H,17,20)(H,18,21)/t12-/m1/s1. The van der Waals surface area contributed by atoms with E-state index in [2.05, 4.69) is 24.5 Å². The highest BCUT2D eigenvalue weighted by molar-refractivity contribution is 5.95. The summed E-state index contributed by atoms with van der Waals surface area (Å²) >= 11 is 0. The van der Waals surface area contributed by atoms with Crippen molar-refractivity contribution in [2.75, 3.05) is 25.0 Å². The molecule has 2 N–H and O–H groups in total. The van der Waals surface area contributed by atoms with Crippen LogP contribution in [0.15, 0.2) is 24.3 Å². The normalized spacial score (nSPS) is 17.4. The minimum atomic E-state index is -0.319. The maximum Gasteiger partial charge on any atom is 0.241 e. The molecule has 0 aliphatic carbocycles. The van der Waals surface area contributed by atoms with Crippen LogP contribution in [0.2, 0.25) is 0 Å². The zero-order valence-electron chi connectivity index (χ0n) is 12.8. The van der Waals surface area contributed by atoms with Gasteiger partial charge < -0.3 is 10.6 Å². The minimum Gasteiger partial charge on any atom is -0.354 e. The van der Waals surface area contributed by atoms with Crippen molar-refractivity contribution in [3.05, 3.63) is 29.8 Å². The molecule has 0 saturated carbocycles. The molecule has 0 unspecified atom stereocenters. The highest BCUT2D eigenvalue weighted by Gasteiger charge is 2.25. The Morgan fingerprint density at radius 2 is 1.90 bits per heavy atom. The number of anilines is 1. The summed E-state index contributed by atoms with van der Waals surface area (Å²) in [5.74, 6) is 0.365. The Kier molecular flexibility index (Phi) is 4.96. The predicted octanol–water partition coefficient (Wildman–Crippen LogP) is 1.57. The van der Waals surface area contributed by atoms with E-state index in [0.29, 0.717) is 19.0 Å². The first-order chi connectivity index (χ1) is 9.97. The highest BCUT2D eigenvalue weighted by atomic mass is 16.2. The summed E-state index contributed by atoms with van der Waals surface area (Å²) in [6.07, 6.45) is 0. The number of carbonyl (C=O) groups is 2. The number of hydrogen-bond acceptors (Lipinski definition) is 3. The molecule has 1 aliphatic rings. The number of nitrogens with one attached hydrogen (secondary N) is 2. The Balaban J connectivity index is 1.95. The molecule has 1 heterocycles. The fraction of sp³-hybridized carbons (Fsp3) is 0.500. The van der Waals surface area contributed by atoms with Crippen molar-refractivity contribution in [2.45, 2.75) is 32.7 Å². The average Bonchev–Trinajstić information content (AvgIpc) is 2.47. The van der Waals surface area contributed by atoms with E-state index in [4.69, 9.17) is 0 Å². The first-order valence-corrected chi connectivity index (χ1v) is 7.39. The molecule has 0 radical (unpaired) electrons. The van der Waals surface area contributed by atoms with Gasteiger partial charge in [0.15, 0.2) is 0 Å². The second kappa shape index (κ2) is 6.72. The summed E-state index contributed by atoms with van der Waals surface area (Å²) in [6, 6.07) is 7.57. The maximum atomic E-state index is 12.3. The molecule has 114 valence electrons. The molecular formula is C16H23N3O2. The van der Waals surface area contributed by atoms with Gasteiger partial charge >= 0.3 is 0 Å². The second-order valence-corrected chi connectivity index (χ2v) is 5.76. The van der Waals surface area contributed by atoms with Crippen LogP contribution in [-0.4, -0.2) is 42.4 Å². The molecule has 21 heavy (non-hydrogen) atoms. The fourth-order valence-corrected chi connectivity index (χ4v) is 2.35. The summed E-state index contributed by atoms with van der Waals surface area (Å²) < 4.78 is 0. The van der Waals surface area contributed by atoms with Crippen molar-refractivity contribution < 1.29 is 9.59 Å². The summed E-state index contributed by atoms with van der Waals surface area (Å²) in [5, 5.41) is 5.67. The molecule has 1 saturated heterocycles. The number of nitrogens with zero attached hydrogens (tertiary/aromatic N) is 1. The largest absolute Gasteiger partial charge is 0.354 e. The fourth-order valence-electron chi connectivity index (χ4n) is 2.35. The first-order valence-electron chi connectivity index (χ1n) is 7.39. The quantitative estimate of drug-likeness (QED) is 0.884. The lowest BCUT2D eigenvalue weighted by Crippen LogP contribution is -2.53. The van der Waals surface area contributed by atoms with Crippen molar-refractivity contribution in [2.24, 2.45) is 0 Å². The Labute approximate surface area is 125 Å². The molecule has 2 rings (SSSR count). The van der Waals surface area contributed by atoms with E-state index in [1.807, 2.05) is 36.1 Å². The number of benzene rings is 1. The predicted molar refractivity (Wildman–Crippen MR) is 83.2 cm³/mol. The third-order valence-electron chi connectivity index (χ3n) is 3.84. The Morgan fingerprint density at radius 3 is 2.48 bits per heavy atom. The summed E-state index contributed by atoms with van der Waals surface area (Å²) in [6.45, 7) is 7.68. The molecule has 5 nitrogen and oxygen atoms in total. The van der Waals surface area contributed by atoms with Crippen molar-refractivity contribution >= 4 is 17.5 Å². The number of piperazine rings is 1. The van der Waals surface area contributed by atoms with E-state index in [-0.39, 0.29) is 24.4 Å². The minimum absolute atomic E-state index is 0.0258. The molecular weight excluding hydrogens is 266 g/mol. The van der Waals surface area contributed by atoms with E-state index in [1.54, 1.807) is 0 Å². The van der Waals surface area contributed by atoms with Crippen LogP contribution < -0.4 is 10.6 Å². The van der Waals surface area contributed by atoms with Crippen LogP contribution in [0.5, 0.6) is 0 Å². The van der Waals surface area contributed by atoms with Crippen LogP contribution in [0.3, 0.4) is 0 Å². The van der Waals surface area contributed by atoms with Crippen LogP contribution in [0.1, 0.15) is 32.3 Å². The van der Waals surface area contributed by atoms with Gasteiger partial charge in [-0.3, -0.25) is 14.5 Å². The third-order valence-corrected chi connectivity index (χ3v) is 3.84. The molecule has 0 aromatic heterocycles. The number of rotatable bonds is 4. The number of amides is 2. The van der Waals surface area contributed by atoms with Crippen LogP contribution in [0.4, 0.5) is 5.69 Å². The van der Waals surface area contributed by atoms with Gasteiger partial charge in [0.2, 0.25) is 11.8 Å². The topological polar surface area (TPSA) is 61.4 Å². The zero-order valence-corrected chi connectivity index (χ0v) is 12.8. The number of hydrogen-bond donors (Lipinski definition) is 2. The van der Waals surface area contributed by atoms with Crippen LogP contribution in [0.25, 0.3) is 0 Å². The van der Waals surface area contributed by atoms with Crippen molar-refractivity contribution in [1.29, 1.82) is 0 Å². The van der Waals surface area contributed by atoms with Crippen molar-refractivity contribution in [3.63, 3.8) is 0 Å². The Bertz CT molecular complexity index is 511.